The Bertz CT molecular complexity index is 3240. The molecule has 0 radical (unpaired) electrons. The molecule has 0 unspecified atom stereocenters. The van der Waals surface area contributed by atoms with Gasteiger partial charge < -0.3 is 9.80 Å². The second kappa shape index (κ2) is 15.1. The van der Waals surface area contributed by atoms with Crippen molar-refractivity contribution in [2.75, 3.05) is 9.80 Å². The Morgan fingerprint density at radius 2 is 0.875 bits per heavy atom. The molecular weight excluding hydrogens is 802 g/mol. The summed E-state index contributed by atoms with van der Waals surface area (Å²) < 4.78 is 17.4. The fourth-order valence-corrected chi connectivity index (χ4v) is 11.9. The van der Waals surface area contributed by atoms with E-state index in [1.54, 1.807) is 6.07 Å². The predicted octanol–water partition coefficient (Wildman–Crippen LogP) is 17.3. The average molecular weight is 846 g/mol. The second-order valence-electron chi connectivity index (χ2n) is 17.8. The Morgan fingerprint density at radius 1 is 0.438 bits per heavy atom. The Labute approximate surface area is 378 Å². The minimum absolute atomic E-state index is 0.267. The summed E-state index contributed by atoms with van der Waals surface area (Å²) in [6.45, 7) is 17.2. The number of hydrogen-bond donors (Lipinski definition) is 0. The highest BCUT2D eigenvalue weighted by Gasteiger charge is 2.48. The number of hydrogen-bond acceptors (Lipinski definition) is 3. The van der Waals surface area contributed by atoms with Gasteiger partial charge in [0.1, 0.15) is 5.82 Å². The van der Waals surface area contributed by atoms with Gasteiger partial charge in [-0.05, 0) is 123 Å². The molecule has 8 aromatic carbocycles. The molecule has 0 spiro atoms. The number of benzene rings is 8. The third kappa shape index (κ3) is 6.20. The van der Waals surface area contributed by atoms with E-state index in [0.717, 1.165) is 50.7 Å². The van der Waals surface area contributed by atoms with E-state index >= 15 is 4.39 Å². The first-order valence-electron chi connectivity index (χ1n) is 21.7. The Hall–Kier alpha value is -7.52. The standard InChI is InChI=1S/C59H44FN3S/c1-58(2)50-36-45(62(42-22-14-8-15-23-42)43-24-16-9-17-25-43)30-32-47(50)56-53(58)54-57(64-56)48-33-31-46(37-51(48)59(54,3)4)63(44-28-26-41(61-5)27-29-44)55-49(39-20-12-7-13-21-39)34-40(35-52(55)60)38-18-10-6-11-19-38/h6-37H,1-4H3. The van der Waals surface area contributed by atoms with Crippen molar-refractivity contribution in [1.29, 1.82) is 0 Å². The minimum atomic E-state index is -0.357. The van der Waals surface area contributed by atoms with E-state index in [4.69, 9.17) is 6.57 Å². The van der Waals surface area contributed by atoms with Gasteiger partial charge in [-0.1, -0.05) is 149 Å². The van der Waals surface area contributed by atoms with E-state index in [1.165, 1.54) is 43.1 Å². The average Bonchev–Trinajstić information content (AvgIpc) is 3.91. The van der Waals surface area contributed by atoms with Crippen LogP contribution in [0.25, 0.3) is 48.0 Å². The highest BCUT2D eigenvalue weighted by molar-refractivity contribution is 7.19. The van der Waals surface area contributed by atoms with Gasteiger partial charge in [0.2, 0.25) is 0 Å². The van der Waals surface area contributed by atoms with Gasteiger partial charge in [-0.2, -0.15) is 0 Å². The van der Waals surface area contributed by atoms with Crippen LogP contribution >= 0.6 is 11.3 Å². The van der Waals surface area contributed by atoms with Crippen molar-refractivity contribution in [3.05, 3.63) is 234 Å². The number of fused-ring (bicyclic) bond motifs is 7. The van der Waals surface area contributed by atoms with Gasteiger partial charge in [0, 0.05) is 54.6 Å². The zero-order chi connectivity index (χ0) is 43.7. The van der Waals surface area contributed by atoms with Crippen LogP contribution in [0.4, 0.5) is 44.2 Å². The normalized spacial score (nSPS) is 13.6. The Balaban J connectivity index is 1.05. The number of rotatable bonds is 8. The molecule has 0 aliphatic heterocycles. The monoisotopic (exact) mass is 845 g/mol. The quantitative estimate of drug-likeness (QED) is 0.141. The predicted molar refractivity (Wildman–Crippen MR) is 266 cm³/mol. The molecule has 64 heavy (non-hydrogen) atoms. The topological polar surface area (TPSA) is 10.8 Å². The van der Waals surface area contributed by atoms with Crippen molar-refractivity contribution >= 4 is 51.1 Å². The molecule has 0 amide bonds. The zero-order valence-electron chi connectivity index (χ0n) is 36.1. The summed E-state index contributed by atoms with van der Waals surface area (Å²) in [6, 6.07) is 66.2. The third-order valence-electron chi connectivity index (χ3n) is 13.3. The molecule has 2 aliphatic carbocycles. The van der Waals surface area contributed by atoms with Crippen molar-refractivity contribution in [2.24, 2.45) is 0 Å². The summed E-state index contributed by atoms with van der Waals surface area (Å²) >= 11 is 1.91. The van der Waals surface area contributed by atoms with Gasteiger partial charge in [0.05, 0.1) is 12.3 Å². The van der Waals surface area contributed by atoms with Gasteiger partial charge in [-0.3, -0.25) is 0 Å². The molecular formula is C59H44FN3S. The van der Waals surface area contributed by atoms with Crippen LogP contribution in [0.3, 0.4) is 0 Å². The number of nitrogens with zero attached hydrogens (tertiary/aromatic N) is 3. The van der Waals surface area contributed by atoms with Crippen LogP contribution < -0.4 is 9.80 Å². The van der Waals surface area contributed by atoms with Crippen LogP contribution in [-0.4, -0.2) is 0 Å². The third-order valence-corrected chi connectivity index (χ3v) is 14.5. The van der Waals surface area contributed by atoms with Gasteiger partial charge in [0.25, 0.3) is 0 Å². The van der Waals surface area contributed by atoms with Crippen LogP contribution in [0.2, 0.25) is 0 Å². The summed E-state index contributed by atoms with van der Waals surface area (Å²) in [6.07, 6.45) is 0. The smallest absolute Gasteiger partial charge is 0.187 e. The number of para-hydroxylation sites is 2. The lowest BCUT2D eigenvalue weighted by molar-refractivity contribution is 0.603. The molecule has 11 rings (SSSR count). The van der Waals surface area contributed by atoms with E-state index in [2.05, 4.69) is 141 Å². The first-order valence-corrected chi connectivity index (χ1v) is 22.5. The molecule has 0 fully saturated rings. The number of anilines is 6. The van der Waals surface area contributed by atoms with E-state index in [-0.39, 0.29) is 16.6 Å². The molecule has 1 heterocycles. The van der Waals surface area contributed by atoms with Crippen molar-refractivity contribution in [3.8, 4) is 43.1 Å². The summed E-state index contributed by atoms with van der Waals surface area (Å²) in [5, 5.41) is 0. The lowest BCUT2D eigenvalue weighted by atomic mass is 9.74. The summed E-state index contributed by atoms with van der Waals surface area (Å²) in [5.74, 6) is -0.330. The van der Waals surface area contributed by atoms with Crippen molar-refractivity contribution in [1.82, 2.24) is 0 Å². The molecule has 1 aromatic heterocycles. The molecule has 3 nitrogen and oxygen atoms in total. The maximum atomic E-state index is 17.4. The molecule has 0 N–H and O–H groups in total. The highest BCUT2D eigenvalue weighted by atomic mass is 32.1. The van der Waals surface area contributed by atoms with Crippen LogP contribution in [0, 0.1) is 12.4 Å². The lowest BCUT2D eigenvalue weighted by Gasteiger charge is -2.32. The van der Waals surface area contributed by atoms with Gasteiger partial charge in [-0.15, -0.1) is 11.3 Å². The van der Waals surface area contributed by atoms with Crippen molar-refractivity contribution < 1.29 is 4.39 Å². The molecule has 5 heteroatoms. The number of thiophene rings is 1. The first kappa shape index (κ1) is 39.3. The van der Waals surface area contributed by atoms with E-state index in [9.17, 15) is 0 Å². The molecule has 2 aliphatic rings. The summed E-state index contributed by atoms with van der Waals surface area (Å²) in [5.41, 5.74) is 16.6. The van der Waals surface area contributed by atoms with Crippen LogP contribution in [0.1, 0.15) is 49.9 Å². The largest absolute Gasteiger partial charge is 0.310 e. The van der Waals surface area contributed by atoms with Gasteiger partial charge in [-0.25, -0.2) is 9.24 Å². The van der Waals surface area contributed by atoms with Gasteiger partial charge in [0.15, 0.2) is 5.69 Å². The fraction of sp³-hybridized carbons (Fsp3) is 0.102. The van der Waals surface area contributed by atoms with Gasteiger partial charge >= 0.3 is 0 Å². The van der Waals surface area contributed by atoms with Crippen molar-refractivity contribution in [2.45, 2.75) is 38.5 Å². The summed E-state index contributed by atoms with van der Waals surface area (Å²) in [4.78, 5) is 10.7. The molecule has 9 aromatic rings. The maximum Gasteiger partial charge on any atom is 0.187 e. The first-order chi connectivity index (χ1) is 31.1. The van der Waals surface area contributed by atoms with Crippen LogP contribution in [0.5, 0.6) is 0 Å². The highest BCUT2D eigenvalue weighted by Crippen LogP contribution is 2.64. The Morgan fingerprint density at radius 3 is 1.38 bits per heavy atom. The SMILES string of the molecule is [C-]#[N+]c1ccc(N(c2ccc3c(c2)C(C)(C)c2c-3sc3c2C(C)(C)c2cc(N(c4ccccc4)c4ccccc4)ccc2-3)c2c(F)cc(-c3ccccc3)cc2-c2ccccc2)cc1. The van der Waals surface area contributed by atoms with Crippen LogP contribution in [-0.2, 0) is 10.8 Å². The lowest BCUT2D eigenvalue weighted by Crippen LogP contribution is -2.23. The molecule has 0 atom stereocenters. The fourth-order valence-electron chi connectivity index (χ4n) is 10.2. The molecule has 0 bridgehead atoms. The van der Waals surface area contributed by atoms with Crippen molar-refractivity contribution in [3.63, 3.8) is 0 Å². The summed E-state index contributed by atoms with van der Waals surface area (Å²) in [7, 11) is 0. The minimum Gasteiger partial charge on any atom is -0.310 e. The molecule has 308 valence electrons. The molecule has 0 saturated heterocycles. The molecule has 0 saturated carbocycles. The van der Waals surface area contributed by atoms with E-state index in [1.807, 2.05) is 101 Å². The van der Waals surface area contributed by atoms with E-state index < -0.39 is 0 Å². The second-order valence-corrected chi connectivity index (χ2v) is 18.8. The Kier molecular flexibility index (Phi) is 9.27. The zero-order valence-corrected chi connectivity index (χ0v) is 36.9. The maximum absolute atomic E-state index is 17.4. The number of halogens is 1. The van der Waals surface area contributed by atoms with E-state index in [0.29, 0.717) is 11.4 Å². The van der Waals surface area contributed by atoms with Crippen LogP contribution in [0.15, 0.2) is 194 Å².